The van der Waals surface area contributed by atoms with E-state index in [1.54, 1.807) is 12.1 Å². The van der Waals surface area contributed by atoms with Gasteiger partial charge in [-0.15, -0.1) is 0 Å². The first-order valence-corrected chi connectivity index (χ1v) is 11.0. The van der Waals surface area contributed by atoms with Crippen LogP contribution in [-0.4, -0.2) is 27.4 Å². The van der Waals surface area contributed by atoms with E-state index in [0.29, 0.717) is 27.8 Å². The summed E-state index contributed by atoms with van der Waals surface area (Å²) in [5.74, 6) is -1.46. The van der Waals surface area contributed by atoms with Gasteiger partial charge in [0.1, 0.15) is 5.57 Å². The van der Waals surface area contributed by atoms with Crippen molar-refractivity contribution in [3.8, 4) is 0 Å². The molecule has 34 heavy (non-hydrogen) atoms. The van der Waals surface area contributed by atoms with Crippen molar-refractivity contribution in [2.45, 2.75) is 6.54 Å². The summed E-state index contributed by atoms with van der Waals surface area (Å²) in [5.41, 5.74) is 2.69. The number of benzene rings is 2. The molecule has 3 heterocycles. The van der Waals surface area contributed by atoms with Gasteiger partial charge >= 0.3 is 6.03 Å². The second kappa shape index (κ2) is 8.78. The number of carbonyl (C=O) groups is 3. The number of hydrogen-bond acceptors (Lipinski definition) is 4. The van der Waals surface area contributed by atoms with Gasteiger partial charge in [-0.1, -0.05) is 47.5 Å². The summed E-state index contributed by atoms with van der Waals surface area (Å²) >= 11 is 12.2. The fourth-order valence-electron chi connectivity index (χ4n) is 3.90. The van der Waals surface area contributed by atoms with Crippen LogP contribution in [0.4, 0.5) is 10.5 Å². The van der Waals surface area contributed by atoms with Crippen molar-refractivity contribution in [3.05, 3.63) is 99.9 Å². The number of halogens is 2. The van der Waals surface area contributed by atoms with E-state index in [4.69, 9.17) is 23.2 Å². The summed E-state index contributed by atoms with van der Waals surface area (Å²) in [6, 6.07) is 15.3. The van der Waals surface area contributed by atoms with Gasteiger partial charge in [-0.05, 0) is 42.0 Å². The third kappa shape index (κ3) is 3.96. The van der Waals surface area contributed by atoms with Crippen molar-refractivity contribution < 1.29 is 14.4 Å². The molecule has 0 saturated carbocycles. The van der Waals surface area contributed by atoms with Crippen LogP contribution < -0.4 is 10.2 Å². The molecule has 4 amide bonds. The molecule has 7 nitrogen and oxygen atoms in total. The van der Waals surface area contributed by atoms with Crippen LogP contribution in [0.5, 0.6) is 0 Å². The number of barbiturate groups is 1. The van der Waals surface area contributed by atoms with E-state index in [9.17, 15) is 14.4 Å². The molecule has 1 aliphatic heterocycles. The van der Waals surface area contributed by atoms with Crippen molar-refractivity contribution in [1.82, 2.24) is 14.9 Å². The maximum absolute atomic E-state index is 13.2. The first kappa shape index (κ1) is 21.9. The van der Waals surface area contributed by atoms with Crippen molar-refractivity contribution in [1.29, 1.82) is 0 Å². The number of nitrogens with zero attached hydrogens (tertiary/aromatic N) is 3. The summed E-state index contributed by atoms with van der Waals surface area (Å²) in [6.45, 7) is 0.502. The second-order valence-electron chi connectivity index (χ2n) is 7.64. The minimum atomic E-state index is -0.805. The molecule has 0 aliphatic carbocycles. The molecule has 1 N–H and O–H groups in total. The highest BCUT2D eigenvalue weighted by Crippen LogP contribution is 2.28. The number of anilines is 1. The standard InChI is InChI=1S/C25H16Cl2N4O3/c26-20-6-5-15(11-21(20)27)13-30-14-16(18-3-1-2-4-22(18)30)12-19-23(32)29-25(34)31(24(19)33)17-7-9-28-10-8-17/h1-12,14H,13H2,(H,29,32,34)/b19-12+. The number of urea groups is 1. The fourth-order valence-corrected chi connectivity index (χ4v) is 4.22. The summed E-state index contributed by atoms with van der Waals surface area (Å²) in [5, 5.41) is 4.03. The molecule has 0 radical (unpaired) electrons. The average Bonchev–Trinajstić information content (AvgIpc) is 3.17. The van der Waals surface area contributed by atoms with Gasteiger partial charge in [0.2, 0.25) is 0 Å². The molecule has 0 atom stereocenters. The minimum Gasteiger partial charge on any atom is -0.342 e. The van der Waals surface area contributed by atoms with Gasteiger partial charge in [0.15, 0.2) is 0 Å². The van der Waals surface area contributed by atoms with Crippen LogP contribution in [0.15, 0.2) is 78.8 Å². The van der Waals surface area contributed by atoms with E-state index in [1.807, 2.05) is 41.1 Å². The molecule has 1 fully saturated rings. The molecule has 4 aromatic rings. The molecule has 0 spiro atoms. The maximum atomic E-state index is 13.2. The Labute approximate surface area is 204 Å². The van der Waals surface area contributed by atoms with Gasteiger partial charge in [0, 0.05) is 41.6 Å². The third-order valence-electron chi connectivity index (χ3n) is 5.48. The molecule has 168 valence electrons. The summed E-state index contributed by atoms with van der Waals surface area (Å²) in [4.78, 5) is 43.0. The Balaban J connectivity index is 1.57. The smallest absolute Gasteiger partial charge is 0.335 e. The lowest BCUT2D eigenvalue weighted by atomic mass is 10.1. The number of nitrogens with one attached hydrogen (secondary N) is 1. The molecule has 0 unspecified atom stereocenters. The Morgan fingerprint density at radius 1 is 0.941 bits per heavy atom. The quantitative estimate of drug-likeness (QED) is 0.320. The highest BCUT2D eigenvalue weighted by Gasteiger charge is 2.37. The largest absolute Gasteiger partial charge is 0.342 e. The number of amides is 4. The molecule has 2 aromatic heterocycles. The van der Waals surface area contributed by atoms with Crippen LogP contribution in [0.2, 0.25) is 10.0 Å². The molecule has 0 bridgehead atoms. The predicted octanol–water partition coefficient (Wildman–Crippen LogP) is 5.06. The monoisotopic (exact) mass is 490 g/mol. The van der Waals surface area contributed by atoms with Crippen molar-refractivity contribution >= 4 is 63.7 Å². The molecule has 9 heteroatoms. The highest BCUT2D eigenvalue weighted by atomic mass is 35.5. The summed E-state index contributed by atoms with van der Waals surface area (Å²) < 4.78 is 2.00. The van der Waals surface area contributed by atoms with E-state index in [-0.39, 0.29) is 5.57 Å². The van der Waals surface area contributed by atoms with E-state index in [1.165, 1.54) is 30.6 Å². The van der Waals surface area contributed by atoms with Gasteiger partial charge in [-0.25, -0.2) is 9.69 Å². The number of imide groups is 2. The molecule has 2 aromatic carbocycles. The SMILES string of the molecule is O=C1NC(=O)N(c2ccncc2)C(=O)/C1=C/c1cn(Cc2ccc(Cl)c(Cl)c2)c2ccccc12. The number of para-hydroxylation sites is 1. The van der Waals surface area contributed by atoms with Crippen LogP contribution in [0, 0.1) is 0 Å². The third-order valence-corrected chi connectivity index (χ3v) is 6.22. The Kier molecular flexibility index (Phi) is 5.65. The van der Waals surface area contributed by atoms with Crippen LogP contribution in [0.25, 0.3) is 17.0 Å². The van der Waals surface area contributed by atoms with Gasteiger partial charge in [0.05, 0.1) is 15.7 Å². The van der Waals surface area contributed by atoms with Crippen molar-refractivity contribution in [2.75, 3.05) is 4.90 Å². The average molecular weight is 491 g/mol. The Morgan fingerprint density at radius 3 is 2.47 bits per heavy atom. The molecule has 1 aliphatic rings. The summed E-state index contributed by atoms with van der Waals surface area (Å²) in [7, 11) is 0. The van der Waals surface area contributed by atoms with Gasteiger partial charge in [0.25, 0.3) is 11.8 Å². The molecule has 1 saturated heterocycles. The predicted molar refractivity (Wildman–Crippen MR) is 131 cm³/mol. The van der Waals surface area contributed by atoms with Gasteiger partial charge in [-0.3, -0.25) is 19.9 Å². The van der Waals surface area contributed by atoms with Crippen LogP contribution in [0.3, 0.4) is 0 Å². The van der Waals surface area contributed by atoms with Crippen molar-refractivity contribution in [3.63, 3.8) is 0 Å². The van der Waals surface area contributed by atoms with Gasteiger partial charge in [-0.2, -0.15) is 0 Å². The van der Waals surface area contributed by atoms with Crippen molar-refractivity contribution in [2.24, 2.45) is 0 Å². The zero-order chi connectivity index (χ0) is 23.8. The molecule has 5 rings (SSSR count). The lowest BCUT2D eigenvalue weighted by Crippen LogP contribution is -2.54. The number of fused-ring (bicyclic) bond motifs is 1. The fraction of sp³-hybridized carbons (Fsp3) is 0.0400. The highest BCUT2D eigenvalue weighted by molar-refractivity contribution is 6.42. The first-order valence-electron chi connectivity index (χ1n) is 10.3. The number of rotatable bonds is 4. The molecular weight excluding hydrogens is 475 g/mol. The normalized spacial score (nSPS) is 15.3. The topological polar surface area (TPSA) is 84.3 Å². The van der Waals surface area contributed by atoms with Crippen LogP contribution in [0.1, 0.15) is 11.1 Å². The Hall–Kier alpha value is -3.94. The number of aromatic nitrogens is 2. The number of hydrogen-bond donors (Lipinski definition) is 1. The zero-order valence-corrected chi connectivity index (χ0v) is 19.0. The van der Waals surface area contributed by atoms with Crippen LogP contribution in [-0.2, 0) is 16.1 Å². The van der Waals surface area contributed by atoms with E-state index in [0.717, 1.165) is 21.4 Å². The maximum Gasteiger partial charge on any atom is 0.335 e. The van der Waals surface area contributed by atoms with Gasteiger partial charge < -0.3 is 4.57 Å². The second-order valence-corrected chi connectivity index (χ2v) is 8.46. The van der Waals surface area contributed by atoms with E-state index >= 15 is 0 Å². The lowest BCUT2D eigenvalue weighted by molar-refractivity contribution is -0.122. The number of pyridine rings is 1. The van der Waals surface area contributed by atoms with E-state index in [2.05, 4.69) is 10.3 Å². The van der Waals surface area contributed by atoms with Crippen LogP contribution >= 0.6 is 23.2 Å². The molecular formula is C25H16Cl2N4O3. The first-order chi connectivity index (χ1) is 16.4. The Bertz CT molecular complexity index is 1490. The zero-order valence-electron chi connectivity index (χ0n) is 17.5. The Morgan fingerprint density at radius 2 is 1.71 bits per heavy atom. The van der Waals surface area contributed by atoms with E-state index < -0.39 is 17.8 Å². The summed E-state index contributed by atoms with van der Waals surface area (Å²) in [6.07, 6.45) is 6.29. The number of carbonyl (C=O) groups excluding carboxylic acids is 3. The lowest BCUT2D eigenvalue weighted by Gasteiger charge is -2.26. The minimum absolute atomic E-state index is 0.145.